The van der Waals surface area contributed by atoms with Crippen LogP contribution in [0, 0.1) is 5.92 Å². The van der Waals surface area contributed by atoms with Crippen molar-refractivity contribution in [1.29, 1.82) is 0 Å². The summed E-state index contributed by atoms with van der Waals surface area (Å²) < 4.78 is 5.22. The Bertz CT molecular complexity index is 266. The maximum Gasteiger partial charge on any atom is 0.0464 e. The van der Waals surface area contributed by atoms with Crippen molar-refractivity contribution in [1.82, 2.24) is 9.80 Å². The molecule has 112 valence electrons. The Morgan fingerprint density at radius 1 is 1.05 bits per heavy atom. The van der Waals surface area contributed by atoms with Gasteiger partial charge in [0.15, 0.2) is 0 Å². The molecule has 1 aliphatic carbocycles. The fourth-order valence-electron chi connectivity index (χ4n) is 3.68. The van der Waals surface area contributed by atoms with E-state index in [1.807, 2.05) is 7.11 Å². The molecule has 2 atom stereocenters. The van der Waals surface area contributed by atoms with Crippen LogP contribution in [0.3, 0.4) is 0 Å². The van der Waals surface area contributed by atoms with E-state index in [4.69, 9.17) is 4.74 Å². The predicted molar refractivity (Wildman–Crippen MR) is 80.5 cm³/mol. The molecule has 1 saturated carbocycles. The van der Waals surface area contributed by atoms with Gasteiger partial charge < -0.3 is 4.74 Å². The summed E-state index contributed by atoms with van der Waals surface area (Å²) in [6.07, 6.45) is 5.48. The van der Waals surface area contributed by atoms with Gasteiger partial charge in [-0.2, -0.15) is 0 Å². The molecule has 2 aliphatic rings. The number of rotatable bonds is 4. The summed E-state index contributed by atoms with van der Waals surface area (Å²) >= 11 is 0. The van der Waals surface area contributed by atoms with E-state index in [1.54, 1.807) is 0 Å². The number of methoxy groups -OCH3 is 1. The SMILES string of the molecule is COCCC1CCC(N2CCN(C(C)(C)C)CC2)C1. The molecule has 0 aromatic rings. The smallest absolute Gasteiger partial charge is 0.0464 e. The zero-order valence-corrected chi connectivity index (χ0v) is 13.3. The predicted octanol–water partition coefficient (Wildman–Crippen LogP) is 2.61. The molecule has 19 heavy (non-hydrogen) atoms. The van der Waals surface area contributed by atoms with Crippen molar-refractivity contribution in [2.24, 2.45) is 5.92 Å². The highest BCUT2D eigenvalue weighted by molar-refractivity contribution is 4.88. The van der Waals surface area contributed by atoms with Crippen molar-refractivity contribution < 1.29 is 4.74 Å². The van der Waals surface area contributed by atoms with Gasteiger partial charge in [-0.15, -0.1) is 0 Å². The molecule has 0 spiro atoms. The number of ether oxygens (including phenoxy) is 1. The van der Waals surface area contributed by atoms with Crippen LogP contribution in [-0.4, -0.2) is 61.3 Å². The van der Waals surface area contributed by atoms with Crippen molar-refractivity contribution in [2.75, 3.05) is 39.9 Å². The fraction of sp³-hybridized carbons (Fsp3) is 1.00. The molecule has 2 rings (SSSR count). The molecule has 1 aliphatic heterocycles. The van der Waals surface area contributed by atoms with E-state index in [0.29, 0.717) is 5.54 Å². The Hall–Kier alpha value is -0.120. The molecule has 2 unspecified atom stereocenters. The second kappa shape index (κ2) is 6.55. The molecule has 3 heteroatoms. The van der Waals surface area contributed by atoms with Crippen LogP contribution in [-0.2, 0) is 4.74 Å². The van der Waals surface area contributed by atoms with Gasteiger partial charge in [0.2, 0.25) is 0 Å². The lowest BCUT2D eigenvalue weighted by Gasteiger charge is -2.44. The maximum absolute atomic E-state index is 5.22. The largest absolute Gasteiger partial charge is 0.385 e. The van der Waals surface area contributed by atoms with Crippen molar-refractivity contribution in [2.45, 2.75) is 58.0 Å². The lowest BCUT2D eigenvalue weighted by molar-refractivity contribution is 0.0421. The van der Waals surface area contributed by atoms with Gasteiger partial charge in [-0.25, -0.2) is 0 Å². The highest BCUT2D eigenvalue weighted by atomic mass is 16.5. The normalized spacial score (nSPS) is 30.9. The van der Waals surface area contributed by atoms with E-state index in [-0.39, 0.29) is 0 Å². The average molecular weight is 268 g/mol. The third-order valence-corrected chi connectivity index (χ3v) is 5.02. The first-order valence-corrected chi connectivity index (χ1v) is 7.98. The van der Waals surface area contributed by atoms with Gasteiger partial charge in [-0.1, -0.05) is 0 Å². The van der Waals surface area contributed by atoms with E-state index < -0.39 is 0 Å². The lowest BCUT2D eigenvalue weighted by Crippen LogP contribution is -2.55. The number of hydrogen-bond acceptors (Lipinski definition) is 3. The van der Waals surface area contributed by atoms with Crippen LogP contribution in [0.15, 0.2) is 0 Å². The van der Waals surface area contributed by atoms with Crippen molar-refractivity contribution in [3.63, 3.8) is 0 Å². The van der Waals surface area contributed by atoms with Crippen LogP contribution in [0.25, 0.3) is 0 Å². The van der Waals surface area contributed by atoms with Gasteiger partial charge in [0.25, 0.3) is 0 Å². The number of nitrogens with zero attached hydrogens (tertiary/aromatic N) is 2. The summed E-state index contributed by atoms with van der Waals surface area (Å²) in [6.45, 7) is 12.9. The molecular weight excluding hydrogens is 236 g/mol. The van der Waals surface area contributed by atoms with E-state index >= 15 is 0 Å². The van der Waals surface area contributed by atoms with Gasteiger partial charge in [0.05, 0.1) is 0 Å². The zero-order chi connectivity index (χ0) is 13.9. The van der Waals surface area contributed by atoms with Crippen molar-refractivity contribution in [3.05, 3.63) is 0 Å². The van der Waals surface area contributed by atoms with Gasteiger partial charge in [-0.05, 0) is 52.4 Å². The number of hydrogen-bond donors (Lipinski definition) is 0. The zero-order valence-electron chi connectivity index (χ0n) is 13.3. The molecule has 1 saturated heterocycles. The summed E-state index contributed by atoms with van der Waals surface area (Å²) in [5.41, 5.74) is 0.336. The average Bonchev–Trinajstić information content (AvgIpc) is 2.84. The monoisotopic (exact) mass is 268 g/mol. The Morgan fingerprint density at radius 3 is 2.32 bits per heavy atom. The molecule has 0 bridgehead atoms. The Morgan fingerprint density at radius 2 is 1.74 bits per heavy atom. The number of piperazine rings is 1. The maximum atomic E-state index is 5.22. The van der Waals surface area contributed by atoms with Crippen LogP contribution in [0.1, 0.15) is 46.5 Å². The third kappa shape index (κ3) is 4.17. The minimum absolute atomic E-state index is 0.336. The van der Waals surface area contributed by atoms with E-state index in [0.717, 1.165) is 18.6 Å². The van der Waals surface area contributed by atoms with Crippen LogP contribution in [0.5, 0.6) is 0 Å². The van der Waals surface area contributed by atoms with Gasteiger partial charge in [-0.3, -0.25) is 9.80 Å². The van der Waals surface area contributed by atoms with E-state index in [9.17, 15) is 0 Å². The summed E-state index contributed by atoms with van der Waals surface area (Å²) in [7, 11) is 1.82. The summed E-state index contributed by atoms with van der Waals surface area (Å²) in [5.74, 6) is 0.908. The lowest BCUT2D eigenvalue weighted by atomic mass is 10.0. The third-order valence-electron chi connectivity index (χ3n) is 5.02. The molecule has 1 heterocycles. The van der Waals surface area contributed by atoms with Crippen molar-refractivity contribution in [3.8, 4) is 0 Å². The van der Waals surface area contributed by atoms with Gasteiger partial charge in [0, 0.05) is 51.5 Å². The minimum atomic E-state index is 0.336. The topological polar surface area (TPSA) is 15.7 Å². The minimum Gasteiger partial charge on any atom is -0.385 e. The first-order valence-electron chi connectivity index (χ1n) is 7.98. The second-order valence-electron chi connectivity index (χ2n) is 7.31. The molecule has 0 radical (unpaired) electrons. The summed E-state index contributed by atoms with van der Waals surface area (Å²) in [6, 6.07) is 0.851. The van der Waals surface area contributed by atoms with E-state index in [2.05, 4.69) is 30.6 Å². The van der Waals surface area contributed by atoms with Gasteiger partial charge in [0.1, 0.15) is 0 Å². The molecule has 0 amide bonds. The Balaban J connectivity index is 1.74. The molecule has 0 aromatic heterocycles. The summed E-state index contributed by atoms with van der Waals surface area (Å²) in [5, 5.41) is 0. The molecule has 3 nitrogen and oxygen atoms in total. The highest BCUT2D eigenvalue weighted by Gasteiger charge is 2.32. The molecule has 0 N–H and O–H groups in total. The molecule has 0 aromatic carbocycles. The molecular formula is C16H32N2O. The standard InChI is InChI=1S/C16H32N2O/c1-16(2,3)18-10-8-17(9-11-18)15-6-5-14(13-15)7-12-19-4/h14-15H,5-13H2,1-4H3. The Kier molecular flexibility index (Phi) is 5.27. The van der Waals surface area contributed by atoms with Crippen LogP contribution < -0.4 is 0 Å². The second-order valence-corrected chi connectivity index (χ2v) is 7.31. The highest BCUT2D eigenvalue weighted by Crippen LogP contribution is 2.32. The van der Waals surface area contributed by atoms with Crippen molar-refractivity contribution >= 4 is 0 Å². The first kappa shape index (κ1) is 15.3. The fourth-order valence-corrected chi connectivity index (χ4v) is 3.68. The Labute approximate surface area is 119 Å². The van der Waals surface area contributed by atoms with E-state index in [1.165, 1.54) is 51.9 Å². The van der Waals surface area contributed by atoms with Crippen LogP contribution in [0.2, 0.25) is 0 Å². The first-order chi connectivity index (χ1) is 9.00. The quantitative estimate of drug-likeness (QED) is 0.779. The molecule has 2 fully saturated rings. The van der Waals surface area contributed by atoms with Crippen LogP contribution in [0.4, 0.5) is 0 Å². The van der Waals surface area contributed by atoms with Crippen LogP contribution >= 0.6 is 0 Å². The summed E-state index contributed by atoms with van der Waals surface area (Å²) in [4.78, 5) is 5.37. The van der Waals surface area contributed by atoms with Gasteiger partial charge >= 0.3 is 0 Å².